The second kappa shape index (κ2) is 7.25. The number of fused-ring (bicyclic) bond motifs is 1. The van der Waals surface area contributed by atoms with Crippen molar-refractivity contribution in [1.82, 2.24) is 10.2 Å². The summed E-state index contributed by atoms with van der Waals surface area (Å²) in [6.45, 7) is 6.48. The summed E-state index contributed by atoms with van der Waals surface area (Å²) in [6, 6.07) is 0.274. The predicted octanol–water partition coefficient (Wildman–Crippen LogP) is 1.12. The number of hydrogen-bond acceptors (Lipinski definition) is 3. The molecule has 120 valence electrons. The van der Waals surface area contributed by atoms with Crippen LogP contribution in [0.15, 0.2) is 0 Å². The highest BCUT2D eigenvalue weighted by Crippen LogP contribution is 2.26. The Morgan fingerprint density at radius 3 is 2.86 bits per heavy atom. The summed E-state index contributed by atoms with van der Waals surface area (Å²) in [4.78, 5) is 25.9. The van der Waals surface area contributed by atoms with E-state index in [1.54, 1.807) is 0 Å². The number of amides is 2. The van der Waals surface area contributed by atoms with E-state index in [-0.39, 0.29) is 17.9 Å². The van der Waals surface area contributed by atoms with E-state index in [1.807, 2.05) is 4.90 Å². The van der Waals surface area contributed by atoms with Gasteiger partial charge in [0.15, 0.2) is 0 Å². The summed E-state index contributed by atoms with van der Waals surface area (Å²) in [5.41, 5.74) is 5.80. The van der Waals surface area contributed by atoms with Crippen LogP contribution in [0.5, 0.6) is 0 Å². The van der Waals surface area contributed by atoms with E-state index in [0.29, 0.717) is 37.1 Å². The van der Waals surface area contributed by atoms with E-state index >= 15 is 0 Å². The molecule has 21 heavy (non-hydrogen) atoms. The molecule has 0 aliphatic carbocycles. The Morgan fingerprint density at radius 2 is 2.19 bits per heavy atom. The molecule has 2 aliphatic rings. The van der Waals surface area contributed by atoms with Crippen LogP contribution in [-0.4, -0.2) is 42.4 Å². The molecule has 2 heterocycles. The second-order valence-electron chi connectivity index (χ2n) is 7.04. The van der Waals surface area contributed by atoms with Crippen LogP contribution in [0.2, 0.25) is 0 Å². The van der Waals surface area contributed by atoms with Crippen LogP contribution >= 0.6 is 0 Å². The Hall–Kier alpha value is -1.10. The Labute approximate surface area is 127 Å². The molecule has 0 spiro atoms. The van der Waals surface area contributed by atoms with Crippen LogP contribution in [-0.2, 0) is 9.59 Å². The standard InChI is InChI=1S/C16H29N3O2/c1-11(2)7-12(9-17)8-16(21)19-6-5-14-13(10-19)3-4-15(20)18-14/h11-14H,3-10,17H2,1-2H3,(H,18,20)/t12-,13?,14?/m0/s1. The molecule has 0 aromatic rings. The van der Waals surface area contributed by atoms with Crippen LogP contribution in [0.25, 0.3) is 0 Å². The van der Waals surface area contributed by atoms with Gasteiger partial charge in [-0.1, -0.05) is 13.8 Å². The molecular formula is C16H29N3O2. The zero-order valence-electron chi connectivity index (χ0n) is 13.3. The molecule has 5 nitrogen and oxygen atoms in total. The number of nitrogens with one attached hydrogen (secondary N) is 1. The van der Waals surface area contributed by atoms with Crippen LogP contribution in [0.1, 0.15) is 46.0 Å². The smallest absolute Gasteiger partial charge is 0.222 e. The third kappa shape index (κ3) is 4.43. The van der Waals surface area contributed by atoms with E-state index in [1.165, 1.54) is 0 Å². The molecule has 5 heteroatoms. The maximum Gasteiger partial charge on any atom is 0.222 e. The second-order valence-corrected chi connectivity index (χ2v) is 7.04. The molecular weight excluding hydrogens is 266 g/mol. The van der Waals surface area contributed by atoms with Crippen molar-refractivity contribution in [2.45, 2.75) is 52.0 Å². The van der Waals surface area contributed by atoms with Gasteiger partial charge in [0.05, 0.1) is 0 Å². The van der Waals surface area contributed by atoms with Crippen LogP contribution in [0.3, 0.4) is 0 Å². The van der Waals surface area contributed by atoms with Crippen molar-refractivity contribution < 1.29 is 9.59 Å². The molecule has 2 amide bonds. The van der Waals surface area contributed by atoms with Gasteiger partial charge < -0.3 is 16.0 Å². The molecule has 0 aromatic heterocycles. The molecule has 3 atom stereocenters. The SMILES string of the molecule is CC(C)C[C@H](CN)CC(=O)N1CCC2NC(=O)CCC2C1. The van der Waals surface area contributed by atoms with E-state index in [0.717, 1.165) is 32.4 Å². The molecule has 0 radical (unpaired) electrons. The van der Waals surface area contributed by atoms with Gasteiger partial charge in [-0.3, -0.25) is 9.59 Å². The fourth-order valence-electron chi connectivity index (χ4n) is 3.64. The first kappa shape index (κ1) is 16.3. The van der Waals surface area contributed by atoms with Crippen LogP contribution in [0, 0.1) is 17.8 Å². The van der Waals surface area contributed by atoms with Gasteiger partial charge in [-0.05, 0) is 43.6 Å². The number of nitrogens with zero attached hydrogens (tertiary/aromatic N) is 1. The summed E-state index contributed by atoms with van der Waals surface area (Å²) >= 11 is 0. The predicted molar refractivity (Wildman–Crippen MR) is 82.5 cm³/mol. The largest absolute Gasteiger partial charge is 0.353 e. The molecule has 0 aromatic carbocycles. The number of piperidine rings is 2. The van der Waals surface area contributed by atoms with Gasteiger partial charge >= 0.3 is 0 Å². The minimum Gasteiger partial charge on any atom is -0.353 e. The average Bonchev–Trinajstić information content (AvgIpc) is 2.45. The molecule has 2 rings (SSSR count). The highest BCUT2D eigenvalue weighted by Gasteiger charge is 2.35. The highest BCUT2D eigenvalue weighted by atomic mass is 16.2. The van der Waals surface area contributed by atoms with Crippen LogP contribution in [0.4, 0.5) is 0 Å². The van der Waals surface area contributed by atoms with Gasteiger partial charge in [0.25, 0.3) is 0 Å². The van der Waals surface area contributed by atoms with Gasteiger partial charge in [-0.15, -0.1) is 0 Å². The highest BCUT2D eigenvalue weighted by molar-refractivity contribution is 5.78. The topological polar surface area (TPSA) is 75.4 Å². The minimum absolute atomic E-state index is 0.163. The van der Waals surface area contributed by atoms with E-state index in [2.05, 4.69) is 19.2 Å². The van der Waals surface area contributed by atoms with Gasteiger partial charge in [0, 0.05) is 32.0 Å². The zero-order chi connectivity index (χ0) is 15.4. The van der Waals surface area contributed by atoms with Crippen molar-refractivity contribution in [3.05, 3.63) is 0 Å². The van der Waals surface area contributed by atoms with E-state index < -0.39 is 0 Å². The molecule has 2 aliphatic heterocycles. The molecule has 0 bridgehead atoms. The lowest BCUT2D eigenvalue weighted by atomic mass is 9.84. The average molecular weight is 295 g/mol. The minimum atomic E-state index is 0.163. The van der Waals surface area contributed by atoms with Crippen molar-refractivity contribution in [2.75, 3.05) is 19.6 Å². The Bertz CT molecular complexity index is 384. The Balaban J connectivity index is 1.85. The monoisotopic (exact) mass is 295 g/mol. The normalized spacial score (nSPS) is 27.2. The quantitative estimate of drug-likeness (QED) is 0.798. The molecule has 2 fully saturated rings. The molecule has 2 unspecified atom stereocenters. The number of rotatable bonds is 5. The molecule has 2 saturated heterocycles. The van der Waals surface area contributed by atoms with E-state index in [4.69, 9.17) is 5.73 Å². The Morgan fingerprint density at radius 1 is 1.43 bits per heavy atom. The third-order valence-electron chi connectivity index (χ3n) is 4.78. The summed E-state index contributed by atoms with van der Waals surface area (Å²) in [6.07, 6.45) is 3.98. The maximum absolute atomic E-state index is 12.5. The van der Waals surface area contributed by atoms with Gasteiger partial charge in [0.2, 0.25) is 11.8 Å². The lowest BCUT2D eigenvalue weighted by molar-refractivity contribution is -0.135. The summed E-state index contributed by atoms with van der Waals surface area (Å²) in [7, 11) is 0. The van der Waals surface area contributed by atoms with E-state index in [9.17, 15) is 9.59 Å². The van der Waals surface area contributed by atoms with Crippen LogP contribution < -0.4 is 11.1 Å². The van der Waals surface area contributed by atoms with Crippen molar-refractivity contribution in [3.63, 3.8) is 0 Å². The van der Waals surface area contributed by atoms with Crippen molar-refractivity contribution in [1.29, 1.82) is 0 Å². The number of carbonyl (C=O) groups excluding carboxylic acids is 2. The lowest BCUT2D eigenvalue weighted by Gasteiger charge is -2.41. The summed E-state index contributed by atoms with van der Waals surface area (Å²) < 4.78 is 0. The van der Waals surface area contributed by atoms with Crippen molar-refractivity contribution in [2.24, 2.45) is 23.5 Å². The molecule has 0 saturated carbocycles. The summed E-state index contributed by atoms with van der Waals surface area (Å²) in [5, 5.41) is 3.06. The number of hydrogen-bond donors (Lipinski definition) is 2. The van der Waals surface area contributed by atoms with Gasteiger partial charge in [0.1, 0.15) is 0 Å². The van der Waals surface area contributed by atoms with Gasteiger partial charge in [-0.2, -0.15) is 0 Å². The lowest BCUT2D eigenvalue weighted by Crippen LogP contribution is -2.55. The maximum atomic E-state index is 12.5. The fourth-order valence-corrected chi connectivity index (χ4v) is 3.64. The van der Waals surface area contributed by atoms with Crippen molar-refractivity contribution >= 4 is 11.8 Å². The number of likely N-dealkylation sites (tertiary alicyclic amines) is 1. The first-order valence-electron chi connectivity index (χ1n) is 8.26. The fraction of sp³-hybridized carbons (Fsp3) is 0.875. The Kier molecular flexibility index (Phi) is 5.62. The third-order valence-corrected chi connectivity index (χ3v) is 4.78. The first-order valence-corrected chi connectivity index (χ1v) is 8.26. The summed E-state index contributed by atoms with van der Waals surface area (Å²) in [5.74, 6) is 1.70. The van der Waals surface area contributed by atoms with Crippen molar-refractivity contribution in [3.8, 4) is 0 Å². The number of nitrogens with two attached hydrogens (primary N) is 1. The zero-order valence-corrected chi connectivity index (χ0v) is 13.3. The van der Waals surface area contributed by atoms with Gasteiger partial charge in [-0.25, -0.2) is 0 Å². The number of carbonyl (C=O) groups is 2. The molecule has 3 N–H and O–H groups in total. The first-order chi connectivity index (χ1) is 9.99.